The molecule has 0 fully saturated rings. The molecule has 0 saturated heterocycles. The molecule has 0 atom stereocenters. The summed E-state index contributed by atoms with van der Waals surface area (Å²) in [4.78, 5) is 4.42. The highest BCUT2D eigenvalue weighted by atomic mass is 32.2. The molecule has 0 bridgehead atoms. The highest BCUT2D eigenvalue weighted by Gasteiger charge is 2.11. The molecule has 1 aromatic heterocycles. The molecule has 1 aromatic carbocycles. The van der Waals surface area contributed by atoms with Gasteiger partial charge in [-0.25, -0.2) is 4.98 Å². The highest BCUT2D eigenvalue weighted by Crippen LogP contribution is 2.27. The van der Waals surface area contributed by atoms with Crippen molar-refractivity contribution in [3.63, 3.8) is 0 Å². The first-order valence-electron chi connectivity index (χ1n) is 6.14. The van der Waals surface area contributed by atoms with E-state index in [1.54, 1.807) is 0 Å². The van der Waals surface area contributed by atoms with Gasteiger partial charge in [0.25, 0.3) is 0 Å². The molecular weight excluding hydrogens is 246 g/mol. The molecule has 0 aliphatic rings. The lowest BCUT2D eigenvalue weighted by Crippen LogP contribution is -2.04. The minimum atomic E-state index is 0.568. The standard InChI is InChI=1S/C13H19N3OS/c1-3-17-11-7-4-6-10-12(11)15-13(14)16(10)8-5-9-18-2/h4,6-7H,3,5,8-9H2,1-2H3,(H2,14,15). The van der Waals surface area contributed by atoms with Gasteiger partial charge in [-0.1, -0.05) is 6.07 Å². The van der Waals surface area contributed by atoms with Crippen molar-refractivity contribution in [1.82, 2.24) is 9.55 Å². The van der Waals surface area contributed by atoms with E-state index < -0.39 is 0 Å². The summed E-state index contributed by atoms with van der Waals surface area (Å²) in [7, 11) is 0. The molecule has 0 radical (unpaired) electrons. The second-order valence-electron chi connectivity index (χ2n) is 4.02. The fourth-order valence-corrected chi connectivity index (χ4v) is 2.43. The second-order valence-corrected chi connectivity index (χ2v) is 5.01. The van der Waals surface area contributed by atoms with Crippen LogP contribution in [0.5, 0.6) is 5.75 Å². The third kappa shape index (κ3) is 2.56. The summed E-state index contributed by atoms with van der Waals surface area (Å²) in [6.45, 7) is 3.51. The number of fused-ring (bicyclic) bond motifs is 1. The summed E-state index contributed by atoms with van der Waals surface area (Å²) >= 11 is 1.85. The first-order chi connectivity index (χ1) is 8.77. The smallest absolute Gasteiger partial charge is 0.201 e. The lowest BCUT2D eigenvalue weighted by molar-refractivity contribution is 0.343. The first-order valence-corrected chi connectivity index (χ1v) is 7.53. The van der Waals surface area contributed by atoms with Gasteiger partial charge in [-0.05, 0) is 37.5 Å². The van der Waals surface area contributed by atoms with Crippen LogP contribution in [0, 0.1) is 0 Å². The fraction of sp³-hybridized carbons (Fsp3) is 0.462. The summed E-state index contributed by atoms with van der Waals surface area (Å²) < 4.78 is 7.64. The van der Waals surface area contributed by atoms with Gasteiger partial charge in [0.1, 0.15) is 11.3 Å². The molecule has 2 aromatic rings. The molecule has 18 heavy (non-hydrogen) atoms. The van der Waals surface area contributed by atoms with E-state index in [9.17, 15) is 0 Å². The van der Waals surface area contributed by atoms with Gasteiger partial charge in [0, 0.05) is 6.54 Å². The quantitative estimate of drug-likeness (QED) is 0.816. The van der Waals surface area contributed by atoms with Crippen molar-refractivity contribution in [3.05, 3.63) is 18.2 Å². The Morgan fingerprint density at radius 1 is 1.44 bits per heavy atom. The van der Waals surface area contributed by atoms with Gasteiger partial charge in [0.15, 0.2) is 0 Å². The SMILES string of the molecule is CCOc1cccc2c1nc(N)n2CCCSC. The van der Waals surface area contributed by atoms with Crippen LogP contribution in [0.15, 0.2) is 18.2 Å². The number of anilines is 1. The summed E-state index contributed by atoms with van der Waals surface area (Å²) in [6, 6.07) is 5.96. The van der Waals surface area contributed by atoms with Crippen LogP contribution in [0.4, 0.5) is 5.95 Å². The number of hydrogen-bond acceptors (Lipinski definition) is 4. The predicted octanol–water partition coefficient (Wildman–Crippen LogP) is 2.77. The highest BCUT2D eigenvalue weighted by molar-refractivity contribution is 7.98. The van der Waals surface area contributed by atoms with Crippen LogP contribution < -0.4 is 10.5 Å². The van der Waals surface area contributed by atoms with Crippen molar-refractivity contribution in [2.75, 3.05) is 24.3 Å². The normalized spacial score (nSPS) is 11.0. The van der Waals surface area contributed by atoms with Crippen LogP contribution in [0.25, 0.3) is 11.0 Å². The number of aryl methyl sites for hydroxylation is 1. The molecule has 4 nitrogen and oxygen atoms in total. The van der Waals surface area contributed by atoms with Crippen molar-refractivity contribution in [3.8, 4) is 5.75 Å². The monoisotopic (exact) mass is 265 g/mol. The summed E-state index contributed by atoms with van der Waals surface area (Å²) in [5, 5.41) is 0. The molecule has 0 aliphatic carbocycles. The summed E-state index contributed by atoms with van der Waals surface area (Å²) in [5.41, 5.74) is 7.91. The fourth-order valence-electron chi connectivity index (χ4n) is 2.01. The number of hydrogen-bond donors (Lipinski definition) is 1. The largest absolute Gasteiger partial charge is 0.492 e. The summed E-state index contributed by atoms with van der Waals surface area (Å²) in [6.07, 6.45) is 3.21. The average Bonchev–Trinajstić information content (AvgIpc) is 2.68. The number of nitrogens with zero attached hydrogens (tertiary/aromatic N) is 2. The third-order valence-corrected chi connectivity index (χ3v) is 3.50. The number of nitrogens with two attached hydrogens (primary N) is 1. The van der Waals surface area contributed by atoms with Crippen LogP contribution >= 0.6 is 11.8 Å². The minimum absolute atomic E-state index is 0.568. The topological polar surface area (TPSA) is 53.1 Å². The summed E-state index contributed by atoms with van der Waals surface area (Å²) in [5.74, 6) is 2.51. The third-order valence-electron chi connectivity index (χ3n) is 2.80. The number of imidazole rings is 1. The van der Waals surface area contributed by atoms with Crippen molar-refractivity contribution in [1.29, 1.82) is 0 Å². The maximum atomic E-state index is 5.99. The molecule has 0 aliphatic heterocycles. The Morgan fingerprint density at radius 2 is 2.28 bits per heavy atom. The van der Waals surface area contributed by atoms with E-state index in [1.807, 2.05) is 36.9 Å². The first kappa shape index (κ1) is 13.1. The molecule has 0 spiro atoms. The van der Waals surface area contributed by atoms with Gasteiger partial charge >= 0.3 is 0 Å². The lowest BCUT2D eigenvalue weighted by atomic mass is 10.3. The second kappa shape index (κ2) is 6.00. The van der Waals surface area contributed by atoms with Crippen LogP contribution in [0.2, 0.25) is 0 Å². The Labute approximate surface area is 112 Å². The minimum Gasteiger partial charge on any atom is -0.492 e. The van der Waals surface area contributed by atoms with Crippen LogP contribution in [0.1, 0.15) is 13.3 Å². The van der Waals surface area contributed by atoms with Crippen LogP contribution in [-0.4, -0.2) is 28.2 Å². The van der Waals surface area contributed by atoms with Gasteiger partial charge in [-0.3, -0.25) is 0 Å². The number of benzene rings is 1. The molecule has 1 heterocycles. The van der Waals surface area contributed by atoms with E-state index in [2.05, 4.69) is 15.8 Å². The average molecular weight is 265 g/mol. The molecule has 0 unspecified atom stereocenters. The molecule has 2 rings (SSSR count). The zero-order valence-electron chi connectivity index (χ0n) is 10.8. The zero-order valence-corrected chi connectivity index (χ0v) is 11.7. The number of para-hydroxylation sites is 1. The van der Waals surface area contributed by atoms with Crippen LogP contribution in [0.3, 0.4) is 0 Å². The molecule has 98 valence electrons. The Hall–Kier alpha value is -1.36. The predicted molar refractivity (Wildman–Crippen MR) is 78.3 cm³/mol. The molecule has 5 heteroatoms. The molecule has 0 saturated carbocycles. The molecule has 0 amide bonds. The van der Waals surface area contributed by atoms with Gasteiger partial charge < -0.3 is 15.0 Å². The number of nitrogen functional groups attached to an aromatic ring is 1. The molecular formula is C13H19N3OS. The Bertz CT molecular complexity index is 524. The van der Waals surface area contributed by atoms with Gasteiger partial charge in [0.05, 0.1) is 12.1 Å². The number of rotatable bonds is 6. The van der Waals surface area contributed by atoms with Crippen molar-refractivity contribution < 1.29 is 4.74 Å². The Morgan fingerprint density at radius 3 is 3.00 bits per heavy atom. The van der Waals surface area contributed by atoms with Crippen molar-refractivity contribution >= 4 is 28.7 Å². The molecule has 2 N–H and O–H groups in total. The maximum Gasteiger partial charge on any atom is 0.201 e. The maximum absolute atomic E-state index is 5.99. The number of thioether (sulfide) groups is 1. The Balaban J connectivity index is 2.35. The van der Waals surface area contributed by atoms with Crippen molar-refractivity contribution in [2.24, 2.45) is 0 Å². The van der Waals surface area contributed by atoms with E-state index in [0.29, 0.717) is 12.6 Å². The van der Waals surface area contributed by atoms with E-state index in [4.69, 9.17) is 10.5 Å². The van der Waals surface area contributed by atoms with Crippen molar-refractivity contribution in [2.45, 2.75) is 19.9 Å². The van der Waals surface area contributed by atoms with E-state index in [-0.39, 0.29) is 0 Å². The van der Waals surface area contributed by atoms with Gasteiger partial charge in [-0.2, -0.15) is 11.8 Å². The van der Waals surface area contributed by atoms with E-state index >= 15 is 0 Å². The number of ether oxygens (including phenoxy) is 1. The van der Waals surface area contributed by atoms with Gasteiger partial charge in [0.2, 0.25) is 5.95 Å². The zero-order chi connectivity index (χ0) is 13.0. The number of aromatic nitrogens is 2. The lowest BCUT2D eigenvalue weighted by Gasteiger charge is -2.06. The Kier molecular flexibility index (Phi) is 4.36. The van der Waals surface area contributed by atoms with Crippen LogP contribution in [-0.2, 0) is 6.54 Å². The van der Waals surface area contributed by atoms with E-state index in [0.717, 1.165) is 35.5 Å². The van der Waals surface area contributed by atoms with Gasteiger partial charge in [-0.15, -0.1) is 0 Å². The van der Waals surface area contributed by atoms with E-state index in [1.165, 1.54) is 0 Å².